The van der Waals surface area contributed by atoms with Crippen molar-refractivity contribution in [3.05, 3.63) is 82.9 Å². The topological polar surface area (TPSA) is 15.7 Å². The van der Waals surface area contributed by atoms with Crippen LogP contribution in [0.3, 0.4) is 0 Å². The van der Waals surface area contributed by atoms with Gasteiger partial charge in [0.2, 0.25) is 0 Å². The minimum Gasteiger partial charge on any atom is -0.457 e. The Morgan fingerprint density at radius 2 is 1.39 bits per heavy atom. The van der Waals surface area contributed by atoms with Gasteiger partial charge in [0, 0.05) is 68.2 Å². The molecule has 0 amide bonds. The Kier molecular flexibility index (Phi) is 4.76. The summed E-state index contributed by atoms with van der Waals surface area (Å²) in [6.07, 6.45) is 0. The number of hydrogen-bond acceptors (Lipinski definition) is 3. The van der Waals surface area contributed by atoms with E-state index in [0.29, 0.717) is 0 Å². The fraction of sp³-hybridized carbons (Fsp3) is 0.280. The third-order valence-electron chi connectivity index (χ3n) is 5.77. The Morgan fingerprint density at radius 3 is 2.00 bits per heavy atom. The van der Waals surface area contributed by atoms with E-state index in [1.54, 1.807) is 0 Å². The standard InChI is InChI=1S/C25H28N2O/c1-6-27(5)19-12-14-22-24(16-19)28-23-15-18(26(3)4)11-13-21(23)25(22)20-10-8-7-9-17(20)2/h7-16,25H,6H2,1-5H3. The molecule has 28 heavy (non-hydrogen) atoms. The van der Waals surface area contributed by atoms with E-state index in [0.717, 1.165) is 23.7 Å². The molecule has 1 atom stereocenters. The molecule has 0 saturated carbocycles. The van der Waals surface area contributed by atoms with Gasteiger partial charge >= 0.3 is 0 Å². The van der Waals surface area contributed by atoms with E-state index < -0.39 is 0 Å². The zero-order valence-electron chi connectivity index (χ0n) is 17.4. The minimum atomic E-state index is 0.178. The van der Waals surface area contributed by atoms with Gasteiger partial charge in [-0.1, -0.05) is 36.4 Å². The third kappa shape index (κ3) is 3.11. The molecule has 0 saturated heterocycles. The highest BCUT2D eigenvalue weighted by Gasteiger charge is 2.30. The predicted molar refractivity (Wildman–Crippen MR) is 118 cm³/mol. The fourth-order valence-corrected chi connectivity index (χ4v) is 3.93. The van der Waals surface area contributed by atoms with Gasteiger partial charge in [0.15, 0.2) is 0 Å². The summed E-state index contributed by atoms with van der Waals surface area (Å²) in [4.78, 5) is 4.35. The van der Waals surface area contributed by atoms with Gasteiger partial charge in [0.1, 0.15) is 11.5 Å². The molecule has 0 radical (unpaired) electrons. The second-order valence-electron chi connectivity index (χ2n) is 7.74. The van der Waals surface area contributed by atoms with Crippen LogP contribution in [-0.2, 0) is 0 Å². The number of ether oxygens (including phenoxy) is 1. The van der Waals surface area contributed by atoms with Crippen LogP contribution in [0.5, 0.6) is 11.5 Å². The highest BCUT2D eigenvalue weighted by Crippen LogP contribution is 2.49. The van der Waals surface area contributed by atoms with Crippen molar-refractivity contribution in [3.63, 3.8) is 0 Å². The van der Waals surface area contributed by atoms with Crippen LogP contribution in [0.1, 0.15) is 35.1 Å². The van der Waals surface area contributed by atoms with Crippen LogP contribution in [0.4, 0.5) is 11.4 Å². The first-order valence-corrected chi connectivity index (χ1v) is 9.89. The molecule has 1 heterocycles. The van der Waals surface area contributed by atoms with Gasteiger partial charge in [-0.15, -0.1) is 0 Å². The molecule has 3 heteroatoms. The van der Waals surface area contributed by atoms with Crippen LogP contribution in [0.15, 0.2) is 60.7 Å². The molecule has 0 bridgehead atoms. The molecule has 0 aromatic heterocycles. The maximum Gasteiger partial charge on any atom is 0.133 e. The normalized spacial score (nSPS) is 14.7. The van der Waals surface area contributed by atoms with Gasteiger partial charge < -0.3 is 14.5 Å². The van der Waals surface area contributed by atoms with Gasteiger partial charge in [-0.3, -0.25) is 0 Å². The smallest absolute Gasteiger partial charge is 0.133 e. The first kappa shape index (κ1) is 18.4. The highest BCUT2D eigenvalue weighted by molar-refractivity contribution is 5.66. The van der Waals surface area contributed by atoms with E-state index in [-0.39, 0.29) is 5.92 Å². The lowest BCUT2D eigenvalue weighted by molar-refractivity contribution is 0.453. The molecule has 1 unspecified atom stereocenters. The largest absolute Gasteiger partial charge is 0.457 e. The molecular formula is C25H28N2O. The number of nitrogens with zero attached hydrogens (tertiary/aromatic N) is 2. The summed E-state index contributed by atoms with van der Waals surface area (Å²) in [5, 5.41) is 0. The third-order valence-corrected chi connectivity index (χ3v) is 5.77. The molecule has 0 fully saturated rings. The number of aryl methyl sites for hydroxylation is 1. The molecule has 144 valence electrons. The van der Waals surface area contributed by atoms with Crippen molar-refractivity contribution in [2.24, 2.45) is 0 Å². The zero-order valence-corrected chi connectivity index (χ0v) is 17.4. The number of rotatable bonds is 4. The molecule has 4 rings (SSSR count). The number of anilines is 2. The summed E-state index contributed by atoms with van der Waals surface area (Å²) in [6, 6.07) is 21.8. The number of benzene rings is 3. The van der Waals surface area contributed by atoms with Crippen LogP contribution < -0.4 is 14.5 Å². The van der Waals surface area contributed by atoms with Crippen LogP contribution in [-0.4, -0.2) is 27.7 Å². The second kappa shape index (κ2) is 7.23. The van der Waals surface area contributed by atoms with E-state index in [2.05, 4.69) is 105 Å². The second-order valence-corrected chi connectivity index (χ2v) is 7.74. The van der Waals surface area contributed by atoms with Crippen molar-refractivity contribution in [1.29, 1.82) is 0 Å². The molecule has 1 aliphatic rings. The van der Waals surface area contributed by atoms with E-state index in [1.165, 1.54) is 27.9 Å². The van der Waals surface area contributed by atoms with Crippen molar-refractivity contribution in [3.8, 4) is 11.5 Å². The molecular weight excluding hydrogens is 344 g/mol. The maximum atomic E-state index is 6.44. The van der Waals surface area contributed by atoms with Gasteiger partial charge in [0.25, 0.3) is 0 Å². The Bertz CT molecular complexity index is 1010. The SMILES string of the molecule is CCN(C)c1ccc2c(c1)Oc1cc(N(C)C)ccc1C2c1ccccc1C. The van der Waals surface area contributed by atoms with E-state index in [4.69, 9.17) is 4.74 Å². The average Bonchev–Trinajstić information content (AvgIpc) is 2.71. The molecule has 0 aliphatic carbocycles. The van der Waals surface area contributed by atoms with Crippen LogP contribution in [0, 0.1) is 6.92 Å². The summed E-state index contributed by atoms with van der Waals surface area (Å²) in [5.74, 6) is 2.08. The van der Waals surface area contributed by atoms with Crippen molar-refractivity contribution >= 4 is 11.4 Å². The van der Waals surface area contributed by atoms with Crippen molar-refractivity contribution in [2.45, 2.75) is 19.8 Å². The Balaban J connectivity index is 1.92. The van der Waals surface area contributed by atoms with Crippen molar-refractivity contribution in [1.82, 2.24) is 0 Å². The van der Waals surface area contributed by atoms with Gasteiger partial charge in [0.05, 0.1) is 0 Å². The summed E-state index contributed by atoms with van der Waals surface area (Å²) in [6.45, 7) is 5.31. The van der Waals surface area contributed by atoms with Gasteiger partial charge in [-0.25, -0.2) is 0 Å². The molecule has 3 aromatic rings. The van der Waals surface area contributed by atoms with Gasteiger partial charge in [-0.2, -0.15) is 0 Å². The Labute approximate surface area is 168 Å². The Morgan fingerprint density at radius 1 is 0.786 bits per heavy atom. The quantitative estimate of drug-likeness (QED) is 0.450. The number of hydrogen-bond donors (Lipinski definition) is 0. The van der Waals surface area contributed by atoms with Gasteiger partial charge in [-0.05, 0) is 37.1 Å². The molecule has 0 spiro atoms. The average molecular weight is 373 g/mol. The van der Waals surface area contributed by atoms with Crippen molar-refractivity contribution in [2.75, 3.05) is 37.5 Å². The zero-order chi connectivity index (χ0) is 19.8. The fourth-order valence-electron chi connectivity index (χ4n) is 3.93. The summed E-state index contributed by atoms with van der Waals surface area (Å²) in [7, 11) is 6.23. The lowest BCUT2D eigenvalue weighted by Gasteiger charge is -2.31. The lowest BCUT2D eigenvalue weighted by atomic mass is 9.80. The molecule has 0 N–H and O–H groups in total. The summed E-state index contributed by atoms with van der Waals surface area (Å²) >= 11 is 0. The van der Waals surface area contributed by atoms with Crippen molar-refractivity contribution < 1.29 is 4.74 Å². The first-order valence-electron chi connectivity index (χ1n) is 9.89. The maximum absolute atomic E-state index is 6.44. The summed E-state index contributed by atoms with van der Waals surface area (Å²) in [5.41, 5.74) is 7.42. The number of fused-ring (bicyclic) bond motifs is 2. The minimum absolute atomic E-state index is 0.178. The summed E-state index contributed by atoms with van der Waals surface area (Å²) < 4.78 is 6.44. The molecule has 1 aliphatic heterocycles. The lowest BCUT2D eigenvalue weighted by Crippen LogP contribution is -2.18. The predicted octanol–water partition coefficient (Wildman–Crippen LogP) is 5.80. The Hall–Kier alpha value is -2.94. The van der Waals surface area contributed by atoms with E-state index >= 15 is 0 Å². The molecule has 3 aromatic carbocycles. The monoisotopic (exact) mass is 372 g/mol. The van der Waals surface area contributed by atoms with Crippen LogP contribution in [0.25, 0.3) is 0 Å². The van der Waals surface area contributed by atoms with Crippen LogP contribution >= 0.6 is 0 Å². The van der Waals surface area contributed by atoms with E-state index in [9.17, 15) is 0 Å². The first-order chi connectivity index (χ1) is 13.5. The van der Waals surface area contributed by atoms with Crippen LogP contribution in [0.2, 0.25) is 0 Å². The molecule has 3 nitrogen and oxygen atoms in total. The highest BCUT2D eigenvalue weighted by atomic mass is 16.5. The van der Waals surface area contributed by atoms with E-state index in [1.807, 2.05) is 0 Å².